The van der Waals surface area contributed by atoms with E-state index in [1.165, 1.54) is 11.3 Å². The van der Waals surface area contributed by atoms with E-state index in [0.717, 1.165) is 16.4 Å². The summed E-state index contributed by atoms with van der Waals surface area (Å²) in [6.07, 6.45) is 1.16. The maximum atomic E-state index is 12.1. The zero-order valence-corrected chi connectivity index (χ0v) is 11.1. The second-order valence-electron chi connectivity index (χ2n) is 3.74. The first-order chi connectivity index (χ1) is 9.06. The van der Waals surface area contributed by atoms with Gasteiger partial charge in [0.25, 0.3) is 10.0 Å². The van der Waals surface area contributed by atoms with Crippen LogP contribution in [0.4, 0.5) is 10.9 Å². The van der Waals surface area contributed by atoms with Crippen molar-refractivity contribution in [2.75, 3.05) is 10.5 Å². The van der Waals surface area contributed by atoms with Gasteiger partial charge in [-0.05, 0) is 12.1 Å². The van der Waals surface area contributed by atoms with Gasteiger partial charge >= 0.3 is 0 Å². The molecule has 19 heavy (non-hydrogen) atoms. The molecule has 0 aliphatic rings. The SMILES string of the molecule is Nc1[nH]ncc1S(=O)(=O)Nc1nc2ccccc2s1. The van der Waals surface area contributed by atoms with E-state index in [4.69, 9.17) is 5.73 Å². The maximum Gasteiger partial charge on any atom is 0.268 e. The van der Waals surface area contributed by atoms with Gasteiger partial charge in [0.05, 0.1) is 16.4 Å². The standard InChI is InChI=1S/C10H9N5O2S2/c11-9-8(5-12-14-9)19(16,17)15-10-13-6-3-1-2-4-7(6)18-10/h1-5H,(H,13,15)(H3,11,12,14). The molecule has 0 unspecified atom stereocenters. The fraction of sp³-hybridized carbons (Fsp3) is 0. The summed E-state index contributed by atoms with van der Waals surface area (Å²) in [6.45, 7) is 0. The van der Waals surface area contributed by atoms with Crippen LogP contribution < -0.4 is 10.5 Å². The quantitative estimate of drug-likeness (QED) is 0.676. The molecule has 2 aromatic heterocycles. The Kier molecular flexibility index (Phi) is 2.64. The molecule has 98 valence electrons. The zero-order valence-electron chi connectivity index (χ0n) is 9.49. The number of rotatable bonds is 3. The van der Waals surface area contributed by atoms with E-state index in [1.807, 2.05) is 24.3 Å². The minimum atomic E-state index is -3.77. The number of nitrogen functional groups attached to an aromatic ring is 1. The molecule has 3 rings (SSSR count). The first kappa shape index (κ1) is 11.9. The molecule has 0 radical (unpaired) electrons. The Morgan fingerprint density at radius 2 is 2.11 bits per heavy atom. The molecule has 0 amide bonds. The normalized spacial score (nSPS) is 11.8. The summed E-state index contributed by atoms with van der Waals surface area (Å²) in [5, 5.41) is 6.26. The Morgan fingerprint density at radius 3 is 2.79 bits per heavy atom. The van der Waals surface area contributed by atoms with Crippen LogP contribution in [0, 0.1) is 0 Å². The lowest BCUT2D eigenvalue weighted by Crippen LogP contribution is -2.13. The number of H-pyrrole nitrogens is 1. The molecule has 0 bridgehead atoms. The molecule has 0 spiro atoms. The molecule has 4 N–H and O–H groups in total. The molecule has 9 heteroatoms. The molecule has 0 aliphatic heterocycles. The van der Waals surface area contributed by atoms with Gasteiger partial charge < -0.3 is 5.73 Å². The number of nitrogens with two attached hydrogens (primary N) is 1. The molecular weight excluding hydrogens is 286 g/mol. The number of anilines is 2. The van der Waals surface area contributed by atoms with Crippen molar-refractivity contribution < 1.29 is 8.42 Å². The number of nitrogens with zero attached hydrogens (tertiary/aromatic N) is 2. The summed E-state index contributed by atoms with van der Waals surface area (Å²) in [7, 11) is -3.77. The number of benzene rings is 1. The zero-order chi connectivity index (χ0) is 13.5. The Bertz CT molecular complexity index is 803. The van der Waals surface area contributed by atoms with Gasteiger partial charge in [-0.3, -0.25) is 9.82 Å². The van der Waals surface area contributed by atoms with Crippen LogP contribution >= 0.6 is 11.3 Å². The fourth-order valence-electron chi connectivity index (χ4n) is 1.59. The van der Waals surface area contributed by atoms with Crippen molar-refractivity contribution in [3.05, 3.63) is 30.5 Å². The molecular formula is C10H9N5O2S2. The van der Waals surface area contributed by atoms with Gasteiger partial charge in [0.15, 0.2) is 5.13 Å². The Balaban J connectivity index is 1.99. The van der Waals surface area contributed by atoms with Crippen LogP contribution in [-0.4, -0.2) is 23.6 Å². The van der Waals surface area contributed by atoms with Crippen LogP contribution in [0.25, 0.3) is 10.2 Å². The van der Waals surface area contributed by atoms with Gasteiger partial charge in [-0.2, -0.15) is 5.10 Å². The molecule has 0 fully saturated rings. The summed E-state index contributed by atoms with van der Waals surface area (Å²) in [4.78, 5) is 4.10. The molecule has 0 atom stereocenters. The Morgan fingerprint density at radius 1 is 1.32 bits per heavy atom. The monoisotopic (exact) mass is 295 g/mol. The predicted molar refractivity (Wildman–Crippen MR) is 73.4 cm³/mol. The number of sulfonamides is 1. The third-order valence-corrected chi connectivity index (χ3v) is 4.88. The Labute approximate surface area is 112 Å². The van der Waals surface area contributed by atoms with Crippen molar-refractivity contribution in [1.29, 1.82) is 0 Å². The van der Waals surface area contributed by atoms with Crippen molar-refractivity contribution in [3.63, 3.8) is 0 Å². The average Bonchev–Trinajstić information content (AvgIpc) is 2.93. The molecule has 3 aromatic rings. The van der Waals surface area contributed by atoms with Crippen LogP contribution in [0.5, 0.6) is 0 Å². The van der Waals surface area contributed by atoms with Crippen LogP contribution in [0.2, 0.25) is 0 Å². The Hall–Kier alpha value is -2.13. The van der Waals surface area contributed by atoms with Crippen molar-refractivity contribution in [2.24, 2.45) is 0 Å². The largest absolute Gasteiger partial charge is 0.383 e. The van der Waals surface area contributed by atoms with Crippen molar-refractivity contribution >= 4 is 42.5 Å². The number of thiazole rings is 1. The molecule has 0 saturated carbocycles. The lowest BCUT2D eigenvalue weighted by Gasteiger charge is -2.02. The molecule has 0 aliphatic carbocycles. The van der Waals surface area contributed by atoms with Crippen LogP contribution in [0.3, 0.4) is 0 Å². The third kappa shape index (κ3) is 2.13. The fourth-order valence-corrected chi connectivity index (χ4v) is 3.71. The molecule has 1 aromatic carbocycles. The van der Waals surface area contributed by atoms with Crippen molar-refractivity contribution in [1.82, 2.24) is 15.2 Å². The van der Waals surface area contributed by atoms with Gasteiger partial charge in [0.1, 0.15) is 10.7 Å². The van der Waals surface area contributed by atoms with Gasteiger partial charge in [-0.15, -0.1) is 0 Å². The van der Waals surface area contributed by atoms with Crippen LogP contribution in [0.1, 0.15) is 0 Å². The van der Waals surface area contributed by atoms with Crippen molar-refractivity contribution in [2.45, 2.75) is 4.90 Å². The summed E-state index contributed by atoms with van der Waals surface area (Å²) in [6, 6.07) is 7.40. The lowest BCUT2D eigenvalue weighted by molar-refractivity contribution is 0.601. The highest BCUT2D eigenvalue weighted by Crippen LogP contribution is 2.27. The number of hydrogen-bond donors (Lipinski definition) is 3. The molecule has 0 saturated heterocycles. The van der Waals surface area contributed by atoms with E-state index in [1.54, 1.807) is 0 Å². The highest BCUT2D eigenvalue weighted by atomic mass is 32.2. The summed E-state index contributed by atoms with van der Waals surface area (Å²) in [5.74, 6) is -0.00592. The predicted octanol–water partition coefficient (Wildman–Crippen LogP) is 1.40. The van der Waals surface area contributed by atoms with E-state index in [0.29, 0.717) is 5.13 Å². The number of hydrogen-bond acceptors (Lipinski definition) is 6. The second kappa shape index (κ2) is 4.21. The lowest BCUT2D eigenvalue weighted by atomic mass is 10.3. The number of para-hydroxylation sites is 1. The second-order valence-corrected chi connectivity index (χ2v) is 6.42. The minimum absolute atomic E-state index is 0.00592. The van der Waals surface area contributed by atoms with Gasteiger partial charge in [0.2, 0.25) is 0 Å². The first-order valence-corrected chi connectivity index (χ1v) is 7.53. The first-order valence-electron chi connectivity index (χ1n) is 5.23. The summed E-state index contributed by atoms with van der Waals surface area (Å²) in [5.41, 5.74) is 6.24. The number of aromatic amines is 1. The highest BCUT2D eigenvalue weighted by molar-refractivity contribution is 7.93. The van der Waals surface area contributed by atoms with Gasteiger partial charge in [-0.1, -0.05) is 23.5 Å². The number of aromatic nitrogens is 3. The van der Waals surface area contributed by atoms with E-state index in [9.17, 15) is 8.42 Å². The average molecular weight is 295 g/mol. The highest BCUT2D eigenvalue weighted by Gasteiger charge is 2.20. The van der Waals surface area contributed by atoms with E-state index in [-0.39, 0.29) is 10.7 Å². The van der Waals surface area contributed by atoms with Gasteiger partial charge in [-0.25, -0.2) is 13.4 Å². The van der Waals surface area contributed by atoms with Crippen LogP contribution in [0.15, 0.2) is 35.4 Å². The van der Waals surface area contributed by atoms with E-state index < -0.39 is 10.0 Å². The summed E-state index contributed by atoms with van der Waals surface area (Å²) >= 11 is 1.25. The smallest absolute Gasteiger partial charge is 0.268 e. The molecule has 2 heterocycles. The molecule has 7 nitrogen and oxygen atoms in total. The maximum absolute atomic E-state index is 12.1. The van der Waals surface area contributed by atoms with E-state index >= 15 is 0 Å². The summed E-state index contributed by atoms with van der Waals surface area (Å²) < 4.78 is 27.4. The third-order valence-electron chi connectivity index (χ3n) is 2.44. The van der Waals surface area contributed by atoms with Crippen molar-refractivity contribution in [3.8, 4) is 0 Å². The minimum Gasteiger partial charge on any atom is -0.383 e. The number of nitrogens with one attached hydrogen (secondary N) is 2. The number of fused-ring (bicyclic) bond motifs is 1. The van der Waals surface area contributed by atoms with Gasteiger partial charge in [0, 0.05) is 0 Å². The van der Waals surface area contributed by atoms with Crippen LogP contribution in [-0.2, 0) is 10.0 Å². The topological polar surface area (TPSA) is 114 Å². The van der Waals surface area contributed by atoms with E-state index in [2.05, 4.69) is 19.9 Å².